The number of fused-ring (bicyclic) bond motifs is 2. The van der Waals surface area contributed by atoms with Gasteiger partial charge in [-0.15, -0.1) is 12.4 Å². The van der Waals surface area contributed by atoms with E-state index >= 15 is 0 Å². The summed E-state index contributed by atoms with van der Waals surface area (Å²) >= 11 is 19.0. The SMILES string of the molecule is C1CNC1.CC(C)(C)OC(=O)NC1CCCN(c2cc(Cl)nc3cc([C@@H]4CCCCN4C(=O)c4cc(Cl)ccc4NS(C)(=O)=O)nn23)C1.CS(=O)(=O)Nc1ccc(Cl)cc1C(=O)N1CCCC[C@H]1c1cc2nc(N3CCC3)cc(N3CCCC(N)C3)n2n1.Cl. The van der Waals surface area contributed by atoms with Crippen LogP contribution in [0.15, 0.2) is 60.7 Å². The van der Waals surface area contributed by atoms with E-state index in [1.165, 1.54) is 49.8 Å². The standard InChI is InChI=1S/C29H37Cl2N7O5S.C27H35ClN8O3S.C3H7N.ClH/c1-29(2,3)43-28(40)32-19-8-7-12-36(17-19)26-16-24(31)33-25-15-22(34-38(25)26)23-9-5-6-13-37(23)27(39)20-14-18(30)10-11-21(20)35-44(4,41)42;1-40(38,39)32-21-9-8-18(28)14-20(21)27(37)35-13-3-2-7-23(35)22-15-25-30-24(33-11-5-12-33)16-26(36(25)31-22)34-10-4-6-19(29)17-34;1-2-4-3-1;/h10-11,14-16,19,23,35H,5-9,12-13,17H2,1-4H3,(H,32,40);8-9,14-16,19,23,32H,2-7,10-13,17,29H2,1H3;4H,1-3H2;1H/t2*19?,23-;;/m00../s1. The Morgan fingerprint density at radius 3 is 1.56 bits per heavy atom. The average Bonchev–Trinajstić information content (AvgIpc) is 1.83. The lowest BCUT2D eigenvalue weighted by Gasteiger charge is -2.35. The Bertz CT molecular complexity index is 3770. The third kappa shape index (κ3) is 17.1. The molecule has 6 aliphatic heterocycles. The number of nitrogens with zero attached hydrogens (tertiary/aromatic N) is 11. The summed E-state index contributed by atoms with van der Waals surface area (Å²) in [6.07, 6.45) is 12.7. The minimum Gasteiger partial charge on any atom is -0.444 e. The van der Waals surface area contributed by atoms with Gasteiger partial charge in [0.1, 0.15) is 28.2 Å². The Kier molecular flexibility index (Phi) is 21.6. The fourth-order valence-corrected chi connectivity index (χ4v) is 13.5. The molecule has 2 unspecified atom stereocenters. The molecule has 3 amide bonds. The first-order chi connectivity index (χ1) is 41.8. The summed E-state index contributed by atoms with van der Waals surface area (Å²) in [5, 5.41) is 17.0. The second kappa shape index (κ2) is 28.6. The van der Waals surface area contributed by atoms with Crippen molar-refractivity contribution in [1.29, 1.82) is 0 Å². The van der Waals surface area contributed by atoms with Crippen molar-refractivity contribution in [2.45, 2.75) is 128 Å². The maximum Gasteiger partial charge on any atom is 0.407 e. The van der Waals surface area contributed by atoms with Gasteiger partial charge in [0.25, 0.3) is 11.8 Å². The van der Waals surface area contributed by atoms with Crippen molar-refractivity contribution in [1.82, 2.24) is 49.6 Å². The minimum absolute atomic E-state index is 0. The number of benzene rings is 2. The molecule has 12 rings (SSSR count). The van der Waals surface area contributed by atoms with Gasteiger partial charge in [-0.1, -0.05) is 34.8 Å². The van der Waals surface area contributed by atoms with Crippen molar-refractivity contribution in [2.75, 3.05) is 102 Å². The van der Waals surface area contributed by atoms with Gasteiger partial charge in [0.05, 0.1) is 58.5 Å². The number of amides is 3. The Labute approximate surface area is 541 Å². The Morgan fingerprint density at radius 2 is 1.09 bits per heavy atom. The zero-order valence-corrected chi connectivity index (χ0v) is 55.5. The number of sulfonamides is 2. The van der Waals surface area contributed by atoms with Crippen LogP contribution in [0.4, 0.5) is 33.6 Å². The van der Waals surface area contributed by atoms with Gasteiger partial charge in [-0.2, -0.15) is 19.2 Å². The molecular formula is C59H80Cl4N16O8S2. The van der Waals surface area contributed by atoms with Gasteiger partial charge >= 0.3 is 6.09 Å². The zero-order chi connectivity index (χ0) is 62.7. The molecule has 6 saturated heterocycles. The Hall–Kier alpha value is -6.13. The second-order valence-electron chi connectivity index (χ2n) is 24.5. The van der Waals surface area contributed by atoms with Crippen LogP contribution in [0.25, 0.3) is 11.3 Å². The van der Waals surface area contributed by atoms with Crippen LogP contribution in [0.2, 0.25) is 15.2 Å². The quantitative estimate of drug-likeness (QED) is 0.0715. The number of halogens is 4. The zero-order valence-electron chi connectivity index (χ0n) is 50.8. The molecule has 2 aromatic carbocycles. The molecule has 0 spiro atoms. The van der Waals surface area contributed by atoms with E-state index in [1.54, 1.807) is 26.4 Å². The number of anilines is 5. The van der Waals surface area contributed by atoms with Gasteiger partial charge in [0.2, 0.25) is 20.0 Å². The van der Waals surface area contributed by atoms with Crippen LogP contribution in [-0.4, -0.2) is 169 Å². The van der Waals surface area contributed by atoms with Crippen molar-refractivity contribution in [3.05, 3.63) is 98.4 Å². The summed E-state index contributed by atoms with van der Waals surface area (Å²) in [6, 6.07) is 16.1. The van der Waals surface area contributed by atoms with Crippen LogP contribution < -0.4 is 40.5 Å². The number of carbonyl (C=O) groups excluding carboxylic acids is 3. The molecule has 0 radical (unpaired) electrons. The fourth-order valence-electron chi connectivity index (χ4n) is 11.8. The molecule has 6 fully saturated rings. The molecular weight excluding hydrogens is 1270 g/mol. The van der Waals surface area contributed by atoms with Gasteiger partial charge < -0.3 is 45.6 Å². The number of alkyl carbamates (subject to hydrolysis) is 1. The molecule has 0 aliphatic carbocycles. The number of likely N-dealkylation sites (tertiary alicyclic amines) is 2. The molecule has 4 atom stereocenters. The van der Waals surface area contributed by atoms with E-state index in [0.29, 0.717) is 52.6 Å². The van der Waals surface area contributed by atoms with Crippen LogP contribution in [0, 0.1) is 0 Å². The number of hydrogen-bond acceptors (Lipinski definition) is 17. The molecule has 10 heterocycles. The Balaban J connectivity index is 0.000000197. The monoisotopic (exact) mass is 1340 g/mol. The number of rotatable bonds is 12. The van der Waals surface area contributed by atoms with Gasteiger partial charge in [0.15, 0.2) is 11.3 Å². The van der Waals surface area contributed by atoms with Crippen molar-refractivity contribution >= 4 is 125 Å². The topological polar surface area (TPSA) is 279 Å². The van der Waals surface area contributed by atoms with Gasteiger partial charge in [-0.05, 0) is 147 Å². The van der Waals surface area contributed by atoms with E-state index < -0.39 is 31.7 Å². The van der Waals surface area contributed by atoms with Crippen molar-refractivity contribution in [2.24, 2.45) is 5.73 Å². The van der Waals surface area contributed by atoms with E-state index in [2.05, 4.69) is 45.8 Å². The van der Waals surface area contributed by atoms with E-state index in [4.69, 9.17) is 60.5 Å². The normalized spacial score (nSPS) is 20.6. The summed E-state index contributed by atoms with van der Waals surface area (Å²) in [5.74, 6) is 2.00. The lowest BCUT2D eigenvalue weighted by Crippen LogP contribution is -2.49. The number of hydrogen-bond donors (Lipinski definition) is 5. The largest absolute Gasteiger partial charge is 0.444 e. The summed E-state index contributed by atoms with van der Waals surface area (Å²) < 4.78 is 62.0. The lowest BCUT2D eigenvalue weighted by molar-refractivity contribution is 0.0498. The first-order valence-corrected chi connectivity index (χ1v) is 35.1. The molecule has 6 N–H and O–H groups in total. The number of nitrogens with two attached hydrogens (primary N) is 1. The highest BCUT2D eigenvalue weighted by Crippen LogP contribution is 2.38. The van der Waals surface area contributed by atoms with E-state index in [0.717, 1.165) is 138 Å². The minimum atomic E-state index is -3.63. The maximum atomic E-state index is 14.0. The van der Waals surface area contributed by atoms with Crippen LogP contribution in [0.3, 0.4) is 0 Å². The molecule has 6 aromatic rings. The summed E-state index contributed by atoms with van der Waals surface area (Å²) in [4.78, 5) is 60.0. The summed E-state index contributed by atoms with van der Waals surface area (Å²) in [5.41, 5.74) is 9.19. The van der Waals surface area contributed by atoms with Crippen molar-refractivity contribution in [3.8, 4) is 0 Å². The fraction of sp³-hybridized carbons (Fsp3) is 0.542. The predicted molar refractivity (Wildman–Crippen MR) is 352 cm³/mol. The van der Waals surface area contributed by atoms with E-state index in [1.807, 2.05) is 37.4 Å². The third-order valence-electron chi connectivity index (χ3n) is 16.2. The highest BCUT2D eigenvalue weighted by Gasteiger charge is 2.36. The van der Waals surface area contributed by atoms with Crippen LogP contribution >= 0.6 is 47.2 Å². The predicted octanol–water partition coefficient (Wildman–Crippen LogP) is 8.93. The number of aromatic nitrogens is 6. The molecule has 6 aliphatic rings. The molecule has 24 nitrogen and oxygen atoms in total. The van der Waals surface area contributed by atoms with E-state index in [-0.39, 0.29) is 70.9 Å². The average molecular weight is 1350 g/mol. The third-order valence-corrected chi connectivity index (χ3v) is 18.0. The van der Waals surface area contributed by atoms with Crippen LogP contribution in [0.5, 0.6) is 0 Å². The van der Waals surface area contributed by atoms with Crippen LogP contribution in [-0.2, 0) is 24.8 Å². The van der Waals surface area contributed by atoms with Crippen LogP contribution in [0.1, 0.15) is 142 Å². The number of nitrogens with one attached hydrogen (secondary N) is 4. The first kappa shape index (κ1) is 67.3. The van der Waals surface area contributed by atoms with Crippen molar-refractivity contribution in [3.63, 3.8) is 0 Å². The lowest BCUT2D eigenvalue weighted by atomic mass is 9.98. The first-order valence-electron chi connectivity index (χ1n) is 30.2. The maximum absolute atomic E-state index is 14.0. The number of ether oxygens (including phenoxy) is 1. The summed E-state index contributed by atoms with van der Waals surface area (Å²) in [6.45, 7) is 13.9. The molecule has 484 valence electrons. The summed E-state index contributed by atoms with van der Waals surface area (Å²) in [7, 11) is -7.23. The smallest absolute Gasteiger partial charge is 0.407 e. The highest BCUT2D eigenvalue weighted by atomic mass is 35.5. The second-order valence-corrected chi connectivity index (χ2v) is 29.2. The molecule has 4 aromatic heterocycles. The van der Waals surface area contributed by atoms with Crippen molar-refractivity contribution < 1.29 is 36.0 Å². The number of carbonyl (C=O) groups is 3. The molecule has 0 bridgehead atoms. The van der Waals surface area contributed by atoms with Gasteiger partial charge in [-0.3, -0.25) is 19.0 Å². The Morgan fingerprint density at radius 1 is 0.607 bits per heavy atom. The number of piperidine rings is 4. The highest BCUT2D eigenvalue weighted by molar-refractivity contribution is 7.92. The van der Waals surface area contributed by atoms with Gasteiger partial charge in [0, 0.05) is 98.8 Å². The molecule has 30 heteroatoms. The molecule has 89 heavy (non-hydrogen) atoms. The van der Waals surface area contributed by atoms with Gasteiger partial charge in [-0.25, -0.2) is 31.6 Å². The van der Waals surface area contributed by atoms with E-state index in [9.17, 15) is 31.2 Å². The molecule has 0 saturated carbocycles.